The van der Waals surface area contributed by atoms with Gasteiger partial charge in [-0.05, 0) is 43.6 Å². The van der Waals surface area contributed by atoms with Crippen molar-refractivity contribution in [3.63, 3.8) is 0 Å². The third-order valence-electron chi connectivity index (χ3n) is 6.08. The molecule has 0 spiro atoms. The highest BCUT2D eigenvalue weighted by molar-refractivity contribution is 7.88. The minimum Gasteiger partial charge on any atom is -0.375 e. The molecule has 8 heteroatoms. The SMILES string of the molecule is C[Si](C)(C)c1c(OS(=O)(=O)C(F)(F)F)c2ccc3ccccc3c2c2c1ccc1ccccc12. The zero-order valence-electron chi connectivity index (χ0n) is 18.7. The molecule has 5 aromatic rings. The molecule has 0 fully saturated rings. The number of rotatable bonds is 3. The van der Waals surface area contributed by atoms with Crippen molar-refractivity contribution in [2.75, 3.05) is 0 Å². The normalized spacial score (nSPS) is 13.2. The summed E-state index contributed by atoms with van der Waals surface area (Å²) in [5, 5.41) is 6.84. The van der Waals surface area contributed by atoms with E-state index in [-0.39, 0.29) is 5.75 Å². The lowest BCUT2D eigenvalue weighted by Gasteiger charge is -2.26. The van der Waals surface area contributed by atoms with Gasteiger partial charge < -0.3 is 4.18 Å². The first kappa shape index (κ1) is 22.7. The van der Waals surface area contributed by atoms with Crippen molar-refractivity contribution in [2.45, 2.75) is 25.1 Å². The molecule has 34 heavy (non-hydrogen) atoms. The van der Waals surface area contributed by atoms with E-state index in [9.17, 15) is 21.6 Å². The molecule has 0 bridgehead atoms. The average Bonchev–Trinajstić information content (AvgIpc) is 2.76. The van der Waals surface area contributed by atoms with Crippen molar-refractivity contribution in [1.29, 1.82) is 0 Å². The predicted octanol–water partition coefficient (Wildman–Crippen LogP) is 7.07. The van der Waals surface area contributed by atoms with E-state index in [4.69, 9.17) is 4.18 Å². The first-order valence-electron chi connectivity index (χ1n) is 10.7. The minimum atomic E-state index is -5.87. The van der Waals surface area contributed by atoms with Crippen molar-refractivity contribution in [3.8, 4) is 5.75 Å². The molecule has 0 heterocycles. The number of fused-ring (bicyclic) bond motifs is 7. The van der Waals surface area contributed by atoms with Gasteiger partial charge in [-0.15, -0.1) is 0 Å². The largest absolute Gasteiger partial charge is 0.534 e. The molecular weight excluding hydrogens is 477 g/mol. The van der Waals surface area contributed by atoms with Crippen LogP contribution in [0.2, 0.25) is 19.6 Å². The molecule has 5 rings (SSSR count). The zero-order valence-corrected chi connectivity index (χ0v) is 20.5. The van der Waals surface area contributed by atoms with Crippen LogP contribution in [-0.4, -0.2) is 22.0 Å². The summed E-state index contributed by atoms with van der Waals surface area (Å²) in [5.74, 6) is -0.222. The van der Waals surface area contributed by atoms with Gasteiger partial charge in [0.1, 0.15) is 0 Å². The summed E-state index contributed by atoms with van der Waals surface area (Å²) in [4.78, 5) is 0. The standard InChI is InChI=1S/C26H21F3O3SSi/c1-34(2,3)25-21-15-13-17-9-5-7-11-19(17)23(21)22-18-10-6-4-8-16(18)12-14-20(22)24(25)32-33(30,31)26(27,28)29/h4-15H,1-3H3. The Hall–Kier alpha value is -3.10. The van der Waals surface area contributed by atoms with Gasteiger partial charge in [-0.3, -0.25) is 0 Å². The molecule has 0 atom stereocenters. The lowest BCUT2D eigenvalue weighted by atomic mass is 9.92. The monoisotopic (exact) mass is 498 g/mol. The number of alkyl halides is 3. The van der Waals surface area contributed by atoms with E-state index < -0.39 is 23.7 Å². The predicted molar refractivity (Wildman–Crippen MR) is 135 cm³/mol. The van der Waals surface area contributed by atoms with Crippen LogP contribution >= 0.6 is 0 Å². The highest BCUT2D eigenvalue weighted by Gasteiger charge is 2.49. The molecule has 174 valence electrons. The van der Waals surface area contributed by atoms with Gasteiger partial charge >= 0.3 is 15.6 Å². The Labute approximate surface area is 195 Å². The number of hydrogen-bond donors (Lipinski definition) is 0. The Kier molecular flexibility index (Phi) is 4.97. The highest BCUT2D eigenvalue weighted by atomic mass is 32.2. The summed E-state index contributed by atoms with van der Waals surface area (Å²) in [6, 6.07) is 22.6. The molecule has 0 unspecified atom stereocenters. The topological polar surface area (TPSA) is 43.4 Å². The van der Waals surface area contributed by atoms with Crippen molar-refractivity contribution >= 4 is 66.5 Å². The summed E-state index contributed by atoms with van der Waals surface area (Å²) in [6.07, 6.45) is 0. The molecule has 0 aliphatic carbocycles. The molecular formula is C26H21F3O3SSi. The van der Waals surface area contributed by atoms with Crippen LogP contribution in [0.3, 0.4) is 0 Å². The van der Waals surface area contributed by atoms with Gasteiger partial charge in [0.2, 0.25) is 0 Å². The van der Waals surface area contributed by atoms with Crippen LogP contribution in [0.1, 0.15) is 0 Å². The Morgan fingerprint density at radius 1 is 0.676 bits per heavy atom. The molecule has 5 aromatic carbocycles. The molecule has 0 amide bonds. The Morgan fingerprint density at radius 3 is 1.65 bits per heavy atom. The van der Waals surface area contributed by atoms with E-state index in [2.05, 4.69) is 0 Å². The van der Waals surface area contributed by atoms with Gasteiger partial charge in [-0.2, -0.15) is 21.6 Å². The second kappa shape index (κ2) is 7.45. The van der Waals surface area contributed by atoms with Crippen LogP contribution in [0.25, 0.3) is 43.1 Å². The lowest BCUT2D eigenvalue weighted by molar-refractivity contribution is -0.0499. The second-order valence-corrected chi connectivity index (χ2v) is 15.9. The van der Waals surface area contributed by atoms with Crippen LogP contribution in [0.5, 0.6) is 5.75 Å². The Morgan fingerprint density at radius 2 is 1.15 bits per heavy atom. The number of hydrogen-bond acceptors (Lipinski definition) is 3. The van der Waals surface area contributed by atoms with Gasteiger partial charge in [-0.25, -0.2) is 0 Å². The fourth-order valence-corrected chi connectivity index (χ4v) is 7.17. The molecule has 0 radical (unpaired) electrons. The maximum Gasteiger partial charge on any atom is 0.534 e. The lowest BCUT2D eigenvalue weighted by Crippen LogP contribution is -2.41. The first-order valence-corrected chi connectivity index (χ1v) is 15.6. The first-order chi connectivity index (χ1) is 15.9. The van der Waals surface area contributed by atoms with Crippen LogP contribution in [0, 0.1) is 0 Å². The van der Waals surface area contributed by atoms with Gasteiger partial charge in [0, 0.05) is 10.8 Å². The van der Waals surface area contributed by atoms with E-state index in [0.717, 1.165) is 26.9 Å². The van der Waals surface area contributed by atoms with Crippen molar-refractivity contribution in [2.24, 2.45) is 0 Å². The van der Waals surface area contributed by atoms with Crippen LogP contribution in [-0.2, 0) is 10.1 Å². The summed E-state index contributed by atoms with van der Waals surface area (Å²) in [6.45, 7) is 5.91. The van der Waals surface area contributed by atoms with Crippen molar-refractivity contribution in [3.05, 3.63) is 72.8 Å². The third kappa shape index (κ3) is 3.44. The fourth-order valence-electron chi connectivity index (χ4n) is 4.72. The van der Waals surface area contributed by atoms with E-state index in [1.807, 2.05) is 80.3 Å². The average molecular weight is 499 g/mol. The molecule has 0 aliphatic rings. The number of halogens is 3. The fraction of sp³-hybridized carbons (Fsp3) is 0.154. The van der Waals surface area contributed by atoms with Crippen molar-refractivity contribution in [1.82, 2.24) is 0 Å². The smallest absolute Gasteiger partial charge is 0.375 e. The quantitative estimate of drug-likeness (QED) is 0.116. The Bertz CT molecular complexity index is 1720. The molecule has 3 nitrogen and oxygen atoms in total. The van der Waals surface area contributed by atoms with Gasteiger partial charge in [0.25, 0.3) is 0 Å². The van der Waals surface area contributed by atoms with Crippen LogP contribution < -0.4 is 9.37 Å². The zero-order chi connectivity index (χ0) is 24.5. The Balaban J connectivity index is 2.11. The van der Waals surface area contributed by atoms with E-state index in [1.54, 1.807) is 12.1 Å². The summed E-state index contributed by atoms with van der Waals surface area (Å²) in [5.41, 5.74) is -5.54. The maximum atomic E-state index is 13.4. The molecule has 0 N–H and O–H groups in total. The molecule has 0 aliphatic heterocycles. The van der Waals surface area contributed by atoms with Crippen molar-refractivity contribution < 1.29 is 25.8 Å². The second-order valence-electron chi connectivity index (χ2n) is 9.36. The third-order valence-corrected chi connectivity index (χ3v) is 9.03. The van der Waals surface area contributed by atoms with Crippen LogP contribution in [0.4, 0.5) is 13.2 Å². The molecule has 0 aromatic heterocycles. The minimum absolute atomic E-state index is 0.222. The van der Waals surface area contributed by atoms with E-state index in [0.29, 0.717) is 21.3 Å². The summed E-state index contributed by atoms with van der Waals surface area (Å²) in [7, 11) is -8.30. The van der Waals surface area contributed by atoms with Gasteiger partial charge in [0.05, 0.1) is 8.07 Å². The van der Waals surface area contributed by atoms with Crippen LogP contribution in [0.15, 0.2) is 72.8 Å². The molecule has 0 saturated carbocycles. The highest BCUT2D eigenvalue weighted by Crippen LogP contribution is 2.42. The van der Waals surface area contributed by atoms with Gasteiger partial charge in [-0.1, -0.05) is 86.4 Å². The van der Waals surface area contributed by atoms with E-state index in [1.165, 1.54) is 0 Å². The van der Waals surface area contributed by atoms with E-state index >= 15 is 0 Å². The van der Waals surface area contributed by atoms with Gasteiger partial charge in [0.15, 0.2) is 5.75 Å². The summed E-state index contributed by atoms with van der Waals surface area (Å²) < 4.78 is 69.7. The summed E-state index contributed by atoms with van der Waals surface area (Å²) >= 11 is 0. The maximum absolute atomic E-state index is 13.4. The molecule has 0 saturated heterocycles. The number of benzene rings is 5.